The summed E-state index contributed by atoms with van der Waals surface area (Å²) in [6.07, 6.45) is 1.00. The second-order valence-electron chi connectivity index (χ2n) is 7.95. The third-order valence-electron chi connectivity index (χ3n) is 5.16. The summed E-state index contributed by atoms with van der Waals surface area (Å²) in [4.78, 5) is 36.5. The molecule has 0 aliphatic carbocycles. The Morgan fingerprint density at radius 3 is 2.34 bits per heavy atom. The third-order valence-corrected chi connectivity index (χ3v) is 6.53. The lowest BCUT2D eigenvalue weighted by atomic mass is 10.1. The molecule has 0 fully saturated rings. The van der Waals surface area contributed by atoms with E-state index >= 15 is 0 Å². The van der Waals surface area contributed by atoms with Crippen molar-refractivity contribution in [3.63, 3.8) is 0 Å². The molecule has 13 heteroatoms. The number of sulfonamides is 1. The van der Waals surface area contributed by atoms with E-state index in [0.29, 0.717) is 11.4 Å². The van der Waals surface area contributed by atoms with E-state index in [1.165, 1.54) is 12.3 Å². The highest BCUT2D eigenvalue weighted by Crippen LogP contribution is 2.36. The van der Waals surface area contributed by atoms with Crippen LogP contribution >= 0.6 is 11.6 Å². The molecule has 3 aromatic rings. The summed E-state index contributed by atoms with van der Waals surface area (Å²) in [6, 6.07) is 14.8. The number of aliphatic carboxylic acids is 1. The van der Waals surface area contributed by atoms with E-state index in [-0.39, 0.29) is 55.3 Å². The van der Waals surface area contributed by atoms with Gasteiger partial charge in [-0.25, -0.2) is 18.4 Å². The summed E-state index contributed by atoms with van der Waals surface area (Å²) >= 11 is 6.28. The lowest BCUT2D eigenvalue weighted by Crippen LogP contribution is -2.22. The molecule has 2 aromatic carbocycles. The van der Waals surface area contributed by atoms with Crippen molar-refractivity contribution >= 4 is 50.9 Å². The van der Waals surface area contributed by atoms with Crippen LogP contribution in [0, 0.1) is 0 Å². The highest BCUT2D eigenvalue weighted by Gasteiger charge is 2.26. The topological polar surface area (TPSA) is 166 Å². The Labute approximate surface area is 223 Å². The average molecular weight is 565 g/mol. The van der Waals surface area contributed by atoms with Crippen LogP contribution in [0.2, 0.25) is 5.02 Å². The lowest BCUT2D eigenvalue weighted by molar-refractivity contribution is -0.147. The van der Waals surface area contributed by atoms with Crippen LogP contribution in [0.15, 0.2) is 70.2 Å². The van der Waals surface area contributed by atoms with Crippen LogP contribution in [0.3, 0.4) is 0 Å². The van der Waals surface area contributed by atoms with Gasteiger partial charge in [0.05, 0.1) is 55.1 Å². The standard InChI is InChI=1S/C25H25ClN2O9S/c26-20-15-21(28(16-18-8-4-11-35-18)17-6-2-1-3-7-17)19(14-22(20)38(27,33)34)25(32)37-13-5-12-36-24(31)10-9-23(29)30/h1-4,6-8,11,14-15H,5,9-10,12-13,16H2,(H,29,30)(H2,27,33,34). The maximum Gasteiger partial charge on any atom is 0.340 e. The van der Waals surface area contributed by atoms with Gasteiger partial charge in [-0.15, -0.1) is 0 Å². The van der Waals surface area contributed by atoms with E-state index in [9.17, 15) is 22.8 Å². The SMILES string of the molecule is NS(=O)(=O)c1cc(C(=O)OCCCOC(=O)CCC(=O)O)c(N(Cc2ccco2)c2ccccc2)cc1Cl. The van der Waals surface area contributed by atoms with Crippen molar-refractivity contribution < 1.29 is 41.8 Å². The molecule has 0 saturated carbocycles. The van der Waals surface area contributed by atoms with Crippen molar-refractivity contribution in [2.45, 2.75) is 30.7 Å². The van der Waals surface area contributed by atoms with Gasteiger partial charge >= 0.3 is 17.9 Å². The first-order valence-electron chi connectivity index (χ1n) is 11.3. The van der Waals surface area contributed by atoms with Crippen LogP contribution in [-0.4, -0.2) is 44.6 Å². The summed E-state index contributed by atoms with van der Waals surface area (Å²) in [5, 5.41) is 13.7. The highest BCUT2D eigenvalue weighted by molar-refractivity contribution is 7.89. The molecule has 0 radical (unpaired) electrons. The van der Waals surface area contributed by atoms with Crippen molar-refractivity contribution in [2.75, 3.05) is 18.1 Å². The van der Waals surface area contributed by atoms with Gasteiger partial charge in [-0.1, -0.05) is 29.8 Å². The fraction of sp³-hybridized carbons (Fsp3) is 0.240. The van der Waals surface area contributed by atoms with Crippen LogP contribution < -0.4 is 10.0 Å². The van der Waals surface area contributed by atoms with Crippen LogP contribution in [0.5, 0.6) is 0 Å². The molecule has 38 heavy (non-hydrogen) atoms. The third kappa shape index (κ3) is 8.07. The summed E-state index contributed by atoms with van der Waals surface area (Å²) in [5.74, 6) is -2.11. The molecule has 3 rings (SSSR count). The first-order valence-corrected chi connectivity index (χ1v) is 13.2. The normalized spacial score (nSPS) is 11.1. The number of ether oxygens (including phenoxy) is 2. The minimum Gasteiger partial charge on any atom is -0.481 e. The zero-order valence-corrected chi connectivity index (χ0v) is 21.6. The maximum atomic E-state index is 13.1. The zero-order chi connectivity index (χ0) is 27.7. The number of hydrogen-bond donors (Lipinski definition) is 2. The molecule has 0 aliphatic rings. The lowest BCUT2D eigenvalue weighted by Gasteiger charge is -2.27. The molecule has 0 unspecified atom stereocenters. The molecule has 1 aromatic heterocycles. The number of carbonyl (C=O) groups is 3. The number of nitrogens with two attached hydrogens (primary N) is 1. The first-order chi connectivity index (χ1) is 18.1. The van der Waals surface area contributed by atoms with Gasteiger partial charge in [0.1, 0.15) is 10.7 Å². The summed E-state index contributed by atoms with van der Waals surface area (Å²) < 4.78 is 40.0. The largest absolute Gasteiger partial charge is 0.481 e. The molecule has 1 heterocycles. The molecule has 3 N–H and O–H groups in total. The first kappa shape index (κ1) is 28.7. The van der Waals surface area contributed by atoms with Gasteiger partial charge in [0.25, 0.3) is 0 Å². The van der Waals surface area contributed by atoms with E-state index in [0.717, 1.165) is 6.07 Å². The smallest absolute Gasteiger partial charge is 0.340 e. The van der Waals surface area contributed by atoms with Gasteiger partial charge in [-0.3, -0.25) is 9.59 Å². The summed E-state index contributed by atoms with van der Waals surface area (Å²) in [6.45, 7) is -0.0910. The quantitative estimate of drug-likeness (QED) is 0.230. The van der Waals surface area contributed by atoms with Crippen LogP contribution in [0.1, 0.15) is 35.4 Å². The number of benzene rings is 2. The predicted octanol–water partition coefficient (Wildman–Crippen LogP) is 3.87. The number of halogens is 1. The van der Waals surface area contributed by atoms with E-state index < -0.39 is 32.8 Å². The second kappa shape index (κ2) is 13.1. The van der Waals surface area contributed by atoms with Crippen molar-refractivity contribution in [1.82, 2.24) is 0 Å². The maximum absolute atomic E-state index is 13.1. The Hall–Kier alpha value is -3.87. The number of furan rings is 1. The summed E-state index contributed by atoms with van der Waals surface area (Å²) in [7, 11) is -4.27. The molecular formula is C25H25ClN2O9S. The second-order valence-corrected chi connectivity index (χ2v) is 9.89. The van der Waals surface area contributed by atoms with E-state index in [4.69, 9.17) is 35.7 Å². The Kier molecular flexibility index (Phi) is 9.88. The van der Waals surface area contributed by atoms with Gasteiger partial charge < -0.3 is 23.9 Å². The number of carbonyl (C=O) groups excluding carboxylic acids is 2. The van der Waals surface area contributed by atoms with E-state index in [1.807, 2.05) is 6.07 Å². The van der Waals surface area contributed by atoms with Gasteiger partial charge in [0, 0.05) is 12.1 Å². The van der Waals surface area contributed by atoms with Gasteiger partial charge in [-0.05, 0) is 36.4 Å². The number of hydrogen-bond acceptors (Lipinski definition) is 9. The highest BCUT2D eigenvalue weighted by atomic mass is 35.5. The molecule has 0 amide bonds. The number of primary sulfonamides is 1. The molecular weight excluding hydrogens is 540 g/mol. The molecule has 0 atom stereocenters. The fourth-order valence-corrected chi connectivity index (χ4v) is 4.49. The molecule has 0 aliphatic heterocycles. The van der Waals surface area contributed by atoms with Crippen LogP contribution in [0.25, 0.3) is 0 Å². The summed E-state index contributed by atoms with van der Waals surface area (Å²) in [5.41, 5.74) is 0.785. The number of esters is 2. The van der Waals surface area contributed by atoms with E-state index in [1.54, 1.807) is 41.3 Å². The Morgan fingerprint density at radius 2 is 1.71 bits per heavy atom. The van der Waals surface area contributed by atoms with Crippen LogP contribution in [0.4, 0.5) is 11.4 Å². The Balaban J connectivity index is 1.86. The minimum atomic E-state index is -4.27. The Bertz CT molecular complexity index is 1380. The van der Waals surface area contributed by atoms with Crippen molar-refractivity contribution in [2.24, 2.45) is 5.14 Å². The number of carboxylic acids is 1. The Morgan fingerprint density at radius 1 is 1.00 bits per heavy atom. The minimum absolute atomic E-state index is 0.101. The molecule has 0 saturated heterocycles. The molecule has 202 valence electrons. The van der Waals surface area contributed by atoms with Crippen molar-refractivity contribution in [3.05, 3.63) is 77.2 Å². The van der Waals surface area contributed by atoms with E-state index in [2.05, 4.69) is 0 Å². The van der Waals surface area contributed by atoms with Gasteiger partial charge in [0.15, 0.2) is 0 Å². The number of para-hydroxylation sites is 1. The fourth-order valence-electron chi connectivity index (χ4n) is 3.40. The number of nitrogens with zero attached hydrogens (tertiary/aromatic N) is 1. The van der Waals surface area contributed by atoms with Gasteiger partial charge in [0.2, 0.25) is 10.0 Å². The monoisotopic (exact) mass is 564 g/mol. The number of anilines is 2. The molecule has 0 bridgehead atoms. The van der Waals surface area contributed by atoms with Crippen molar-refractivity contribution in [1.29, 1.82) is 0 Å². The predicted molar refractivity (Wildman–Crippen MR) is 137 cm³/mol. The number of rotatable bonds is 13. The number of carboxylic acid groups (broad SMARTS) is 1. The zero-order valence-electron chi connectivity index (χ0n) is 20.0. The average Bonchev–Trinajstić information content (AvgIpc) is 3.38. The van der Waals surface area contributed by atoms with Crippen LogP contribution in [-0.2, 0) is 35.6 Å². The molecule has 11 nitrogen and oxygen atoms in total. The molecule has 0 spiro atoms. The van der Waals surface area contributed by atoms with Crippen molar-refractivity contribution in [3.8, 4) is 0 Å². The van der Waals surface area contributed by atoms with Gasteiger partial charge in [-0.2, -0.15) is 0 Å².